The lowest BCUT2D eigenvalue weighted by Crippen LogP contribution is -1.95. The second kappa shape index (κ2) is 6.04. The van der Waals surface area contributed by atoms with Gasteiger partial charge in [-0.05, 0) is 31.2 Å². The summed E-state index contributed by atoms with van der Waals surface area (Å²) in [7, 11) is 1.53. The molecule has 2 aromatic rings. The largest absolute Gasteiger partial charge is 0.497 e. The van der Waals surface area contributed by atoms with E-state index in [1.165, 1.54) is 13.3 Å². The number of pyridine rings is 1. The van der Waals surface area contributed by atoms with Crippen molar-refractivity contribution in [3.8, 4) is 23.3 Å². The predicted octanol–water partition coefficient (Wildman–Crippen LogP) is 2.81. The third-order valence-corrected chi connectivity index (χ3v) is 2.67. The van der Waals surface area contributed by atoms with Crippen molar-refractivity contribution < 1.29 is 14.6 Å². The Morgan fingerprint density at radius 3 is 2.50 bits per heavy atom. The molecule has 0 fully saturated rings. The van der Waals surface area contributed by atoms with Crippen LogP contribution in [0.3, 0.4) is 0 Å². The molecule has 5 heteroatoms. The fourth-order valence-electron chi connectivity index (χ4n) is 1.65. The lowest BCUT2D eigenvalue weighted by molar-refractivity contribution is 0.194. The molecule has 2 rings (SSSR count). The standard InChI is InChI=1S/C15H14N2O3/c1-10(18)15-4-3-12(9-17-15)20-14-6-11(8-16)5-13(7-14)19-2/h3-7,9-10,18H,1-2H3/t10-/m0/s1. The number of nitrogens with zero attached hydrogens (tertiary/aromatic N) is 2. The number of ether oxygens (including phenoxy) is 2. The van der Waals surface area contributed by atoms with Gasteiger partial charge in [0.25, 0.3) is 0 Å². The summed E-state index contributed by atoms with van der Waals surface area (Å²) < 4.78 is 10.7. The third kappa shape index (κ3) is 3.25. The molecule has 0 aliphatic rings. The van der Waals surface area contributed by atoms with E-state index in [1.54, 1.807) is 37.3 Å². The Bertz CT molecular complexity index is 631. The molecular formula is C15H14N2O3. The van der Waals surface area contributed by atoms with Gasteiger partial charge in [0, 0.05) is 6.07 Å². The Morgan fingerprint density at radius 2 is 1.95 bits per heavy atom. The zero-order valence-corrected chi connectivity index (χ0v) is 11.2. The molecule has 1 N–H and O–H groups in total. The highest BCUT2D eigenvalue weighted by Crippen LogP contribution is 2.27. The molecule has 20 heavy (non-hydrogen) atoms. The molecule has 1 atom stereocenters. The van der Waals surface area contributed by atoms with E-state index in [2.05, 4.69) is 4.98 Å². The first kappa shape index (κ1) is 13.8. The summed E-state index contributed by atoms with van der Waals surface area (Å²) in [5.74, 6) is 1.56. The minimum Gasteiger partial charge on any atom is -0.497 e. The molecule has 0 spiro atoms. The van der Waals surface area contributed by atoms with E-state index >= 15 is 0 Å². The quantitative estimate of drug-likeness (QED) is 0.924. The first-order valence-electron chi connectivity index (χ1n) is 6.03. The summed E-state index contributed by atoms with van der Waals surface area (Å²) in [6.07, 6.45) is 0.902. The van der Waals surface area contributed by atoms with Crippen molar-refractivity contribution >= 4 is 0 Å². The number of hydrogen-bond acceptors (Lipinski definition) is 5. The SMILES string of the molecule is COc1cc(C#N)cc(Oc2ccc([C@H](C)O)nc2)c1. The number of rotatable bonds is 4. The molecule has 0 saturated carbocycles. The monoisotopic (exact) mass is 270 g/mol. The van der Waals surface area contributed by atoms with E-state index in [4.69, 9.17) is 14.7 Å². The Kier molecular flexibility index (Phi) is 4.18. The Labute approximate surface area is 117 Å². The number of benzene rings is 1. The highest BCUT2D eigenvalue weighted by atomic mass is 16.5. The average Bonchev–Trinajstić information content (AvgIpc) is 2.47. The van der Waals surface area contributed by atoms with Crippen LogP contribution >= 0.6 is 0 Å². The summed E-state index contributed by atoms with van der Waals surface area (Å²) in [5, 5.41) is 18.3. The number of nitriles is 1. The maximum absolute atomic E-state index is 9.39. The Morgan fingerprint density at radius 1 is 1.20 bits per heavy atom. The zero-order valence-electron chi connectivity index (χ0n) is 11.2. The smallest absolute Gasteiger partial charge is 0.145 e. The van der Waals surface area contributed by atoms with Crippen LogP contribution in [0.5, 0.6) is 17.2 Å². The van der Waals surface area contributed by atoms with Crippen molar-refractivity contribution in [2.75, 3.05) is 7.11 Å². The second-order valence-electron chi connectivity index (χ2n) is 4.21. The van der Waals surface area contributed by atoms with Crippen LogP contribution in [0, 0.1) is 11.3 Å². The molecule has 0 bridgehead atoms. The first-order valence-corrected chi connectivity index (χ1v) is 6.03. The molecule has 1 aromatic heterocycles. The molecule has 0 aliphatic heterocycles. The van der Waals surface area contributed by atoms with Gasteiger partial charge in [0.1, 0.15) is 17.2 Å². The van der Waals surface area contributed by atoms with Gasteiger partial charge < -0.3 is 14.6 Å². The highest BCUT2D eigenvalue weighted by Gasteiger charge is 2.06. The van der Waals surface area contributed by atoms with E-state index < -0.39 is 6.10 Å². The van der Waals surface area contributed by atoms with Gasteiger partial charge in [0.05, 0.1) is 36.7 Å². The summed E-state index contributed by atoms with van der Waals surface area (Å²) >= 11 is 0. The summed E-state index contributed by atoms with van der Waals surface area (Å²) in [6.45, 7) is 1.64. The molecule has 0 aliphatic carbocycles. The Hall–Kier alpha value is -2.58. The van der Waals surface area contributed by atoms with Crippen molar-refractivity contribution in [1.82, 2.24) is 4.98 Å². The van der Waals surface area contributed by atoms with Gasteiger partial charge in [-0.2, -0.15) is 5.26 Å². The number of hydrogen-bond donors (Lipinski definition) is 1. The van der Waals surface area contributed by atoms with Crippen LogP contribution in [-0.2, 0) is 0 Å². The molecule has 5 nitrogen and oxygen atoms in total. The molecular weight excluding hydrogens is 256 g/mol. The van der Waals surface area contributed by atoms with Gasteiger partial charge in [-0.1, -0.05) is 0 Å². The predicted molar refractivity (Wildman–Crippen MR) is 72.7 cm³/mol. The van der Waals surface area contributed by atoms with E-state index in [0.29, 0.717) is 28.5 Å². The minimum atomic E-state index is -0.619. The van der Waals surface area contributed by atoms with Gasteiger partial charge in [0.15, 0.2) is 0 Å². The van der Waals surface area contributed by atoms with Crippen LogP contribution in [-0.4, -0.2) is 17.2 Å². The maximum atomic E-state index is 9.39. The lowest BCUT2D eigenvalue weighted by atomic mass is 10.2. The molecule has 0 saturated heterocycles. The van der Waals surface area contributed by atoms with Gasteiger partial charge in [-0.15, -0.1) is 0 Å². The third-order valence-electron chi connectivity index (χ3n) is 2.67. The lowest BCUT2D eigenvalue weighted by Gasteiger charge is -2.09. The normalized spacial score (nSPS) is 11.5. The highest BCUT2D eigenvalue weighted by molar-refractivity contribution is 5.45. The average molecular weight is 270 g/mol. The fraction of sp³-hybridized carbons (Fsp3) is 0.200. The van der Waals surface area contributed by atoms with Crippen LogP contribution in [0.25, 0.3) is 0 Å². The van der Waals surface area contributed by atoms with E-state index in [-0.39, 0.29) is 0 Å². The van der Waals surface area contributed by atoms with Gasteiger partial charge in [-0.25, -0.2) is 0 Å². The van der Waals surface area contributed by atoms with Crippen molar-refractivity contribution in [3.63, 3.8) is 0 Å². The molecule has 1 aromatic carbocycles. The summed E-state index contributed by atoms with van der Waals surface area (Å²) in [6, 6.07) is 10.4. The van der Waals surface area contributed by atoms with Crippen molar-refractivity contribution in [2.45, 2.75) is 13.0 Å². The van der Waals surface area contributed by atoms with E-state index in [9.17, 15) is 5.11 Å². The first-order chi connectivity index (χ1) is 9.62. The van der Waals surface area contributed by atoms with Crippen molar-refractivity contribution in [3.05, 3.63) is 47.8 Å². The van der Waals surface area contributed by atoms with Crippen LogP contribution in [0.15, 0.2) is 36.5 Å². The number of methoxy groups -OCH3 is 1. The second-order valence-corrected chi connectivity index (χ2v) is 4.21. The molecule has 0 radical (unpaired) electrons. The molecule has 102 valence electrons. The van der Waals surface area contributed by atoms with Crippen LogP contribution < -0.4 is 9.47 Å². The molecule has 1 heterocycles. The molecule has 0 unspecified atom stereocenters. The molecule has 0 amide bonds. The van der Waals surface area contributed by atoms with Crippen LogP contribution in [0.1, 0.15) is 24.3 Å². The van der Waals surface area contributed by atoms with Crippen molar-refractivity contribution in [1.29, 1.82) is 5.26 Å². The fourth-order valence-corrected chi connectivity index (χ4v) is 1.65. The number of aromatic nitrogens is 1. The maximum Gasteiger partial charge on any atom is 0.145 e. The van der Waals surface area contributed by atoms with Gasteiger partial charge in [-0.3, -0.25) is 4.98 Å². The van der Waals surface area contributed by atoms with Crippen LogP contribution in [0.2, 0.25) is 0 Å². The minimum absolute atomic E-state index is 0.452. The van der Waals surface area contributed by atoms with Crippen LogP contribution in [0.4, 0.5) is 0 Å². The van der Waals surface area contributed by atoms with E-state index in [0.717, 1.165) is 0 Å². The van der Waals surface area contributed by atoms with Gasteiger partial charge in [0.2, 0.25) is 0 Å². The van der Waals surface area contributed by atoms with Crippen molar-refractivity contribution in [2.24, 2.45) is 0 Å². The van der Waals surface area contributed by atoms with Gasteiger partial charge >= 0.3 is 0 Å². The number of aliphatic hydroxyl groups is 1. The zero-order chi connectivity index (χ0) is 14.5. The van der Waals surface area contributed by atoms with E-state index in [1.807, 2.05) is 6.07 Å². The number of aliphatic hydroxyl groups excluding tert-OH is 1. The summed E-state index contributed by atoms with van der Waals surface area (Å²) in [4.78, 5) is 4.09. The topological polar surface area (TPSA) is 75.4 Å². The Balaban J connectivity index is 2.23. The summed E-state index contributed by atoms with van der Waals surface area (Å²) in [5.41, 5.74) is 1.02.